The van der Waals surface area contributed by atoms with Crippen LogP contribution in [0.3, 0.4) is 0 Å². The fourth-order valence-corrected chi connectivity index (χ4v) is 4.63. The Hall–Kier alpha value is -5.44. The molecule has 42 heavy (non-hydrogen) atoms. The number of non-ortho nitro benzene ring substituents is 1. The Morgan fingerprint density at radius 2 is 1.76 bits per heavy atom. The number of imide groups is 1. The minimum Gasteiger partial charge on any atom is -0.494 e. The van der Waals surface area contributed by atoms with Crippen molar-refractivity contribution in [3.63, 3.8) is 0 Å². The smallest absolute Gasteiger partial charge is 0.318 e. The molecule has 1 fully saturated rings. The van der Waals surface area contributed by atoms with Crippen LogP contribution < -0.4 is 19.5 Å². The number of nitro groups is 2. The second-order valence-corrected chi connectivity index (χ2v) is 9.41. The zero-order chi connectivity index (χ0) is 30.4. The van der Waals surface area contributed by atoms with Gasteiger partial charge in [0.2, 0.25) is 11.7 Å². The molecule has 0 radical (unpaired) electrons. The van der Waals surface area contributed by atoms with Crippen LogP contribution in [0.2, 0.25) is 0 Å². The Morgan fingerprint density at radius 1 is 1.02 bits per heavy atom. The van der Waals surface area contributed by atoms with E-state index in [-0.39, 0.29) is 27.7 Å². The molecule has 0 aliphatic carbocycles. The predicted octanol–water partition coefficient (Wildman–Crippen LogP) is 5.38. The topological polar surface area (TPSA) is 180 Å². The summed E-state index contributed by atoms with van der Waals surface area (Å²) < 4.78 is 16.5. The fraction of sp³-hybridized carbons (Fsp3) is 0.148. The lowest BCUT2D eigenvalue weighted by Crippen LogP contribution is -2.36. The minimum absolute atomic E-state index is 0.0369. The third-order valence-corrected chi connectivity index (χ3v) is 6.61. The Morgan fingerprint density at radius 3 is 2.40 bits per heavy atom. The van der Waals surface area contributed by atoms with E-state index in [0.717, 1.165) is 23.1 Å². The maximum Gasteiger partial charge on any atom is 0.318 e. The van der Waals surface area contributed by atoms with E-state index in [4.69, 9.17) is 14.2 Å². The van der Waals surface area contributed by atoms with Gasteiger partial charge in [0.1, 0.15) is 12.3 Å². The highest BCUT2D eigenvalue weighted by Crippen LogP contribution is 2.42. The second kappa shape index (κ2) is 12.8. The summed E-state index contributed by atoms with van der Waals surface area (Å²) in [6, 6.07) is 14.0. The van der Waals surface area contributed by atoms with Gasteiger partial charge in [-0.3, -0.25) is 39.5 Å². The van der Waals surface area contributed by atoms with Crippen molar-refractivity contribution in [3.8, 4) is 23.0 Å². The average Bonchev–Trinajstić information content (AvgIpc) is 3.22. The third-order valence-electron chi connectivity index (χ3n) is 5.70. The number of hydrogen-bond donors (Lipinski definition) is 1. The van der Waals surface area contributed by atoms with Gasteiger partial charge in [0.25, 0.3) is 16.8 Å². The molecular formula is C27H22N4O10S. The first-order valence-corrected chi connectivity index (χ1v) is 13.0. The van der Waals surface area contributed by atoms with Gasteiger partial charge < -0.3 is 19.5 Å². The molecule has 216 valence electrons. The van der Waals surface area contributed by atoms with E-state index >= 15 is 0 Å². The molecule has 0 unspecified atom stereocenters. The summed E-state index contributed by atoms with van der Waals surface area (Å²) in [6.45, 7) is 1.79. The zero-order valence-electron chi connectivity index (χ0n) is 22.1. The van der Waals surface area contributed by atoms with Crippen molar-refractivity contribution in [1.29, 1.82) is 0 Å². The number of nitro benzene ring substituents is 2. The molecule has 0 atom stereocenters. The minimum atomic E-state index is -0.832. The van der Waals surface area contributed by atoms with Crippen LogP contribution in [0.5, 0.6) is 23.0 Å². The van der Waals surface area contributed by atoms with E-state index < -0.39 is 44.8 Å². The molecule has 3 amide bonds. The standard InChI is InChI=1S/C27H22N4O10S/c1-3-40-19-10-7-17(8-11-19)28-24(32)15-29-26(33)23(42-27(29)34)13-16-5-4-6-22(39-2)25(16)41-21-12-9-18(30(35)36)14-20(21)31(37)38/h4-14H,3,15H2,1-2H3,(H,28,32)/b23-13+. The fourth-order valence-electron chi connectivity index (χ4n) is 3.80. The molecule has 1 aliphatic rings. The molecule has 4 rings (SSSR count). The van der Waals surface area contributed by atoms with Crippen molar-refractivity contribution in [2.75, 3.05) is 25.6 Å². The molecule has 1 heterocycles. The highest BCUT2D eigenvalue weighted by Gasteiger charge is 2.36. The molecule has 3 aromatic carbocycles. The number of methoxy groups -OCH3 is 1. The Labute approximate surface area is 242 Å². The van der Waals surface area contributed by atoms with Crippen LogP contribution >= 0.6 is 11.8 Å². The molecule has 0 bridgehead atoms. The van der Waals surface area contributed by atoms with E-state index in [1.165, 1.54) is 25.3 Å². The van der Waals surface area contributed by atoms with Crippen molar-refractivity contribution >= 4 is 52.0 Å². The van der Waals surface area contributed by atoms with Gasteiger partial charge in [-0.25, -0.2) is 0 Å². The Balaban J connectivity index is 1.57. The normalized spacial score (nSPS) is 13.7. The molecule has 3 aromatic rings. The summed E-state index contributed by atoms with van der Waals surface area (Å²) in [5.41, 5.74) is -0.509. The molecule has 0 spiro atoms. The second-order valence-electron chi connectivity index (χ2n) is 8.42. The van der Waals surface area contributed by atoms with Crippen molar-refractivity contribution in [1.82, 2.24) is 4.90 Å². The summed E-state index contributed by atoms with van der Waals surface area (Å²) >= 11 is 0.596. The maximum atomic E-state index is 13.1. The van der Waals surface area contributed by atoms with Gasteiger partial charge >= 0.3 is 5.69 Å². The van der Waals surface area contributed by atoms with Crippen LogP contribution in [0.4, 0.5) is 21.9 Å². The van der Waals surface area contributed by atoms with Gasteiger partial charge in [-0.2, -0.15) is 0 Å². The van der Waals surface area contributed by atoms with Crippen LogP contribution in [0.25, 0.3) is 6.08 Å². The number of ether oxygens (including phenoxy) is 3. The number of rotatable bonds is 11. The number of nitrogens with zero attached hydrogens (tertiary/aromatic N) is 3. The van der Waals surface area contributed by atoms with Crippen molar-refractivity contribution in [2.45, 2.75) is 6.92 Å². The lowest BCUT2D eigenvalue weighted by molar-refractivity contribution is -0.394. The van der Waals surface area contributed by atoms with E-state index in [0.29, 0.717) is 29.8 Å². The van der Waals surface area contributed by atoms with Crippen molar-refractivity contribution in [3.05, 3.63) is 91.4 Å². The number of para-hydroxylation sites is 1. The van der Waals surface area contributed by atoms with Crippen LogP contribution in [0, 0.1) is 20.2 Å². The molecule has 0 aromatic heterocycles. The number of carbonyl (C=O) groups is 3. The van der Waals surface area contributed by atoms with Crippen LogP contribution in [-0.2, 0) is 9.59 Å². The van der Waals surface area contributed by atoms with E-state index in [1.807, 2.05) is 6.92 Å². The summed E-state index contributed by atoms with van der Waals surface area (Å²) in [5, 5.41) is 24.6. The lowest BCUT2D eigenvalue weighted by Gasteiger charge is -2.14. The number of nitrogens with one attached hydrogen (secondary N) is 1. The Bertz CT molecular complexity index is 1610. The molecule has 15 heteroatoms. The first kappa shape index (κ1) is 29.5. The average molecular weight is 595 g/mol. The molecular weight excluding hydrogens is 572 g/mol. The summed E-state index contributed by atoms with van der Waals surface area (Å²) in [4.78, 5) is 60.1. The van der Waals surface area contributed by atoms with Gasteiger partial charge in [-0.15, -0.1) is 0 Å². The molecule has 1 saturated heterocycles. The molecule has 1 N–H and O–H groups in total. The monoisotopic (exact) mass is 594 g/mol. The molecule has 14 nitrogen and oxygen atoms in total. The van der Waals surface area contributed by atoms with Gasteiger partial charge in [0.15, 0.2) is 11.5 Å². The summed E-state index contributed by atoms with van der Waals surface area (Å²) in [7, 11) is 1.33. The number of hydrogen-bond acceptors (Lipinski definition) is 11. The number of benzene rings is 3. The SMILES string of the molecule is CCOc1ccc(NC(=O)CN2C(=O)S/C(=C/c3cccc(OC)c3Oc3ccc([N+](=O)[O-])cc3[N+](=O)[O-])C2=O)cc1. The van der Waals surface area contributed by atoms with Crippen LogP contribution in [0.15, 0.2) is 65.6 Å². The zero-order valence-corrected chi connectivity index (χ0v) is 22.9. The number of anilines is 1. The number of carbonyl (C=O) groups excluding carboxylic acids is 3. The Kier molecular flexibility index (Phi) is 9.02. The lowest BCUT2D eigenvalue weighted by atomic mass is 10.1. The van der Waals surface area contributed by atoms with Crippen molar-refractivity contribution in [2.24, 2.45) is 0 Å². The van der Waals surface area contributed by atoms with Crippen LogP contribution in [0.1, 0.15) is 12.5 Å². The highest BCUT2D eigenvalue weighted by molar-refractivity contribution is 8.18. The number of thioether (sulfide) groups is 1. The van der Waals surface area contributed by atoms with Crippen molar-refractivity contribution < 1.29 is 38.4 Å². The first-order valence-electron chi connectivity index (χ1n) is 12.2. The molecule has 1 aliphatic heterocycles. The van der Waals surface area contributed by atoms with E-state index in [1.54, 1.807) is 30.3 Å². The van der Waals surface area contributed by atoms with Crippen LogP contribution in [-0.4, -0.2) is 52.1 Å². The van der Waals surface area contributed by atoms with Gasteiger partial charge in [0.05, 0.1) is 34.5 Å². The van der Waals surface area contributed by atoms with Gasteiger partial charge in [0, 0.05) is 17.3 Å². The third kappa shape index (κ3) is 6.64. The predicted molar refractivity (Wildman–Crippen MR) is 152 cm³/mol. The number of amides is 3. The summed E-state index contributed by atoms with van der Waals surface area (Å²) in [5.74, 6) is -0.942. The molecule has 0 saturated carbocycles. The maximum absolute atomic E-state index is 13.1. The largest absolute Gasteiger partial charge is 0.494 e. The summed E-state index contributed by atoms with van der Waals surface area (Å²) in [6.07, 6.45) is 1.32. The highest BCUT2D eigenvalue weighted by atomic mass is 32.2. The van der Waals surface area contributed by atoms with E-state index in [2.05, 4.69) is 5.32 Å². The first-order chi connectivity index (χ1) is 20.1. The quantitative estimate of drug-likeness (QED) is 0.171. The van der Waals surface area contributed by atoms with Gasteiger partial charge in [-0.05, 0) is 61.2 Å². The van der Waals surface area contributed by atoms with Gasteiger partial charge in [-0.1, -0.05) is 12.1 Å². The van der Waals surface area contributed by atoms with E-state index in [9.17, 15) is 34.6 Å².